The average molecular weight is 319 g/mol. The number of sulfone groups is 1. The Kier molecular flexibility index (Phi) is 4.48. The van der Waals surface area contributed by atoms with Crippen molar-refractivity contribution in [2.24, 2.45) is 0 Å². The van der Waals surface area contributed by atoms with E-state index in [1.165, 1.54) is 24.3 Å². The maximum atomic E-state index is 12.0. The average Bonchev–Trinajstić information content (AvgIpc) is 2.89. The van der Waals surface area contributed by atoms with Crippen LogP contribution in [0.15, 0.2) is 34.1 Å². The molecule has 0 aliphatic carbocycles. The van der Waals surface area contributed by atoms with Crippen LogP contribution in [0.1, 0.15) is 12.8 Å². The predicted octanol–water partition coefficient (Wildman–Crippen LogP) is 0.547. The first-order chi connectivity index (χ1) is 9.29. The van der Waals surface area contributed by atoms with E-state index in [0.29, 0.717) is 6.61 Å². The Morgan fingerprint density at radius 2 is 1.75 bits per heavy atom. The van der Waals surface area contributed by atoms with Crippen molar-refractivity contribution in [2.45, 2.75) is 28.7 Å². The third-order valence-corrected chi connectivity index (χ3v) is 5.66. The third kappa shape index (κ3) is 3.78. The molecule has 1 N–H and O–H groups in total. The lowest BCUT2D eigenvalue weighted by Gasteiger charge is -2.11. The van der Waals surface area contributed by atoms with Crippen LogP contribution in [-0.4, -0.2) is 42.3 Å². The smallest absolute Gasteiger partial charge is 0.240 e. The van der Waals surface area contributed by atoms with Gasteiger partial charge in [-0.1, -0.05) is 0 Å². The molecule has 112 valence electrons. The summed E-state index contributed by atoms with van der Waals surface area (Å²) in [5, 5.41) is 0. The maximum absolute atomic E-state index is 12.0. The highest BCUT2D eigenvalue weighted by atomic mass is 32.2. The van der Waals surface area contributed by atoms with Gasteiger partial charge < -0.3 is 4.74 Å². The normalized spacial score (nSPS) is 20.1. The summed E-state index contributed by atoms with van der Waals surface area (Å²) in [6, 6.07) is 5.15. The van der Waals surface area contributed by atoms with E-state index in [1.807, 2.05) is 0 Å². The lowest BCUT2D eigenvalue weighted by atomic mass is 10.2. The lowest BCUT2D eigenvalue weighted by Crippen LogP contribution is -2.31. The molecule has 1 aromatic rings. The van der Waals surface area contributed by atoms with Gasteiger partial charge in [0.05, 0.1) is 15.9 Å². The molecule has 20 heavy (non-hydrogen) atoms. The lowest BCUT2D eigenvalue weighted by molar-refractivity contribution is 0.114. The van der Waals surface area contributed by atoms with Crippen molar-refractivity contribution in [3.63, 3.8) is 0 Å². The fourth-order valence-corrected chi connectivity index (χ4v) is 3.65. The van der Waals surface area contributed by atoms with E-state index < -0.39 is 19.9 Å². The molecule has 0 saturated carbocycles. The topological polar surface area (TPSA) is 89.5 Å². The number of nitrogens with one attached hydrogen (secondary N) is 1. The molecule has 1 fully saturated rings. The van der Waals surface area contributed by atoms with Gasteiger partial charge in [0.25, 0.3) is 0 Å². The van der Waals surface area contributed by atoms with E-state index in [4.69, 9.17) is 4.74 Å². The van der Waals surface area contributed by atoms with Gasteiger partial charge in [-0.25, -0.2) is 21.6 Å². The van der Waals surface area contributed by atoms with Crippen LogP contribution in [0.25, 0.3) is 0 Å². The second-order valence-electron chi connectivity index (χ2n) is 4.73. The van der Waals surface area contributed by atoms with Crippen molar-refractivity contribution >= 4 is 19.9 Å². The molecule has 0 aromatic heterocycles. The molecule has 1 aromatic carbocycles. The Morgan fingerprint density at radius 3 is 2.25 bits per heavy atom. The van der Waals surface area contributed by atoms with E-state index in [-0.39, 0.29) is 22.4 Å². The minimum absolute atomic E-state index is 0.0443. The molecule has 1 aliphatic heterocycles. The van der Waals surface area contributed by atoms with Crippen LogP contribution in [0.5, 0.6) is 0 Å². The second kappa shape index (κ2) is 5.80. The zero-order chi connectivity index (χ0) is 14.8. The van der Waals surface area contributed by atoms with Crippen molar-refractivity contribution in [3.05, 3.63) is 24.3 Å². The molecular weight excluding hydrogens is 302 g/mol. The Hall–Kier alpha value is -0.960. The van der Waals surface area contributed by atoms with Gasteiger partial charge >= 0.3 is 0 Å². The van der Waals surface area contributed by atoms with Crippen LogP contribution in [0.2, 0.25) is 0 Å². The van der Waals surface area contributed by atoms with Crippen LogP contribution in [0.3, 0.4) is 0 Å². The van der Waals surface area contributed by atoms with Crippen LogP contribution >= 0.6 is 0 Å². The van der Waals surface area contributed by atoms with E-state index in [2.05, 4.69) is 4.72 Å². The van der Waals surface area contributed by atoms with Crippen molar-refractivity contribution in [3.8, 4) is 0 Å². The second-order valence-corrected chi connectivity index (χ2v) is 8.51. The highest BCUT2D eigenvalue weighted by molar-refractivity contribution is 7.90. The minimum atomic E-state index is -3.63. The highest BCUT2D eigenvalue weighted by Crippen LogP contribution is 2.15. The quantitative estimate of drug-likeness (QED) is 0.856. The fourth-order valence-electron chi connectivity index (χ4n) is 1.96. The fraction of sp³-hybridized carbons (Fsp3) is 0.500. The molecule has 0 amide bonds. The van der Waals surface area contributed by atoms with Gasteiger partial charge in [0, 0.05) is 19.4 Å². The summed E-state index contributed by atoms with van der Waals surface area (Å²) < 4.78 is 54.5. The third-order valence-electron chi connectivity index (χ3n) is 3.09. The molecule has 0 spiro atoms. The molecule has 0 unspecified atom stereocenters. The summed E-state index contributed by atoms with van der Waals surface area (Å²) in [6.45, 7) is 0.894. The van der Waals surface area contributed by atoms with Gasteiger partial charge in [-0.05, 0) is 37.1 Å². The van der Waals surface area contributed by atoms with Gasteiger partial charge in [-0.15, -0.1) is 0 Å². The predicted molar refractivity (Wildman–Crippen MR) is 73.7 cm³/mol. The van der Waals surface area contributed by atoms with Crippen molar-refractivity contribution in [2.75, 3.05) is 19.4 Å². The maximum Gasteiger partial charge on any atom is 0.240 e. The molecule has 1 heterocycles. The van der Waals surface area contributed by atoms with Crippen LogP contribution in [0.4, 0.5) is 0 Å². The van der Waals surface area contributed by atoms with E-state index in [9.17, 15) is 16.8 Å². The minimum Gasteiger partial charge on any atom is -0.377 e. The monoisotopic (exact) mass is 319 g/mol. The summed E-state index contributed by atoms with van der Waals surface area (Å²) in [5.74, 6) is 0. The number of sulfonamides is 1. The summed E-state index contributed by atoms with van der Waals surface area (Å²) >= 11 is 0. The molecule has 1 aliphatic rings. The molecular formula is C12H17NO5S2. The zero-order valence-corrected chi connectivity index (χ0v) is 12.7. The molecule has 0 radical (unpaired) electrons. The van der Waals surface area contributed by atoms with Gasteiger partial charge in [-0.3, -0.25) is 0 Å². The Labute approximate surface area is 119 Å². The molecule has 8 heteroatoms. The number of benzene rings is 1. The summed E-state index contributed by atoms with van der Waals surface area (Å²) in [4.78, 5) is 0.137. The van der Waals surface area contributed by atoms with Crippen molar-refractivity contribution < 1.29 is 21.6 Å². The number of hydrogen-bond acceptors (Lipinski definition) is 5. The molecule has 0 bridgehead atoms. The zero-order valence-electron chi connectivity index (χ0n) is 11.1. The first-order valence-corrected chi connectivity index (χ1v) is 9.58. The first kappa shape index (κ1) is 15.4. The van der Waals surface area contributed by atoms with Gasteiger partial charge in [0.1, 0.15) is 0 Å². The Morgan fingerprint density at radius 1 is 1.15 bits per heavy atom. The van der Waals surface area contributed by atoms with E-state index in [0.717, 1.165) is 19.1 Å². The summed E-state index contributed by atoms with van der Waals surface area (Å²) in [5.41, 5.74) is 0. The van der Waals surface area contributed by atoms with Crippen LogP contribution < -0.4 is 4.72 Å². The number of hydrogen-bond donors (Lipinski definition) is 1. The Balaban J connectivity index is 2.09. The van der Waals surface area contributed by atoms with Gasteiger partial charge in [0.2, 0.25) is 10.0 Å². The highest BCUT2D eigenvalue weighted by Gasteiger charge is 2.20. The van der Waals surface area contributed by atoms with Gasteiger partial charge in [-0.2, -0.15) is 0 Å². The summed E-state index contributed by atoms with van der Waals surface area (Å²) in [6.07, 6.45) is 2.78. The number of ether oxygens (including phenoxy) is 1. The van der Waals surface area contributed by atoms with E-state index >= 15 is 0 Å². The molecule has 2 rings (SSSR count). The Bertz CT molecular complexity index is 658. The first-order valence-electron chi connectivity index (χ1n) is 6.20. The SMILES string of the molecule is CS(=O)(=O)c1ccc(S(=O)(=O)NC[C@H]2CCCO2)cc1. The molecule has 1 saturated heterocycles. The largest absolute Gasteiger partial charge is 0.377 e. The van der Waals surface area contributed by atoms with E-state index in [1.54, 1.807) is 0 Å². The van der Waals surface area contributed by atoms with Crippen LogP contribution in [0, 0.1) is 0 Å². The number of rotatable bonds is 5. The molecule has 1 atom stereocenters. The van der Waals surface area contributed by atoms with Crippen molar-refractivity contribution in [1.29, 1.82) is 0 Å². The standard InChI is InChI=1S/C12H17NO5S2/c1-19(14,15)11-4-6-12(7-5-11)20(16,17)13-9-10-3-2-8-18-10/h4-7,10,13H,2-3,8-9H2,1H3/t10-/m1/s1. The summed E-state index contributed by atoms with van der Waals surface area (Å²) in [7, 11) is -6.96. The van der Waals surface area contributed by atoms with Gasteiger partial charge in [0.15, 0.2) is 9.84 Å². The van der Waals surface area contributed by atoms with Crippen molar-refractivity contribution in [1.82, 2.24) is 4.72 Å². The molecule has 6 nitrogen and oxygen atoms in total. The van der Waals surface area contributed by atoms with Crippen LogP contribution in [-0.2, 0) is 24.6 Å².